The smallest absolute Gasteiger partial charge is 0.261 e. The van der Waals surface area contributed by atoms with Crippen LogP contribution in [-0.4, -0.2) is 40.2 Å². The lowest BCUT2D eigenvalue weighted by atomic mass is 10.0. The van der Waals surface area contributed by atoms with Crippen LogP contribution in [0.1, 0.15) is 49.5 Å². The summed E-state index contributed by atoms with van der Waals surface area (Å²) < 4.78 is 0. The minimum atomic E-state index is -0.390. The highest BCUT2D eigenvalue weighted by Gasteiger charge is 2.36. The summed E-state index contributed by atoms with van der Waals surface area (Å²) in [5, 5.41) is 2.93. The van der Waals surface area contributed by atoms with Crippen LogP contribution in [0.2, 0.25) is 0 Å². The van der Waals surface area contributed by atoms with E-state index in [2.05, 4.69) is 10.3 Å². The number of amides is 3. The first-order valence-corrected chi connectivity index (χ1v) is 8.98. The van der Waals surface area contributed by atoms with E-state index in [1.54, 1.807) is 36.7 Å². The number of rotatable bonds is 6. The molecule has 2 aromatic rings. The molecule has 3 amide bonds. The fraction of sp³-hybridized carbons (Fsp3) is 0.300. The summed E-state index contributed by atoms with van der Waals surface area (Å²) in [6.07, 6.45) is 5.37. The summed E-state index contributed by atoms with van der Waals surface area (Å²) in [6.45, 7) is 0.561. The first kappa shape index (κ1) is 17.4. The number of carbonyl (C=O) groups excluding carboxylic acids is 3. The molecule has 0 radical (unpaired) electrons. The van der Waals surface area contributed by atoms with Gasteiger partial charge in [-0.15, -0.1) is 0 Å². The summed E-state index contributed by atoms with van der Waals surface area (Å²) in [5.41, 5.74) is 7.49. The Morgan fingerprint density at radius 2 is 1.85 bits per heavy atom. The second kappa shape index (κ2) is 6.92. The molecule has 1 aromatic carbocycles. The van der Waals surface area contributed by atoms with Gasteiger partial charge in [-0.25, -0.2) is 0 Å². The molecule has 1 fully saturated rings. The van der Waals surface area contributed by atoms with Crippen molar-refractivity contribution in [1.82, 2.24) is 15.2 Å². The Bertz CT molecular complexity index is 909. The fourth-order valence-corrected chi connectivity index (χ4v) is 3.37. The second-order valence-electron chi connectivity index (χ2n) is 6.97. The number of fused-ring (bicyclic) bond motifs is 1. The van der Waals surface area contributed by atoms with Crippen LogP contribution in [0.15, 0.2) is 42.7 Å². The molecule has 138 valence electrons. The molecule has 2 aliphatic rings. The summed E-state index contributed by atoms with van der Waals surface area (Å²) in [6, 6.07) is 8.09. The second-order valence-corrected chi connectivity index (χ2v) is 6.97. The van der Waals surface area contributed by atoms with Crippen LogP contribution in [0.25, 0.3) is 0 Å². The van der Waals surface area contributed by atoms with E-state index in [0.717, 1.165) is 18.4 Å². The Morgan fingerprint density at radius 3 is 2.52 bits per heavy atom. The van der Waals surface area contributed by atoms with Crippen molar-refractivity contribution < 1.29 is 14.4 Å². The molecular formula is C20H20N4O3. The Balaban J connectivity index is 1.54. The van der Waals surface area contributed by atoms with Crippen LogP contribution in [0.5, 0.6) is 0 Å². The largest absolute Gasteiger partial charge is 0.348 e. The summed E-state index contributed by atoms with van der Waals surface area (Å²) in [7, 11) is 0. The van der Waals surface area contributed by atoms with Gasteiger partial charge in [0, 0.05) is 30.5 Å². The molecule has 1 saturated carbocycles. The standard InChI is InChI=1S/C20H20N4O3/c21-10-17(13-1-2-13)23-18(25)14-3-4-15-16(9-14)20(27)24(19(15)26)11-12-5-7-22-8-6-12/h3-9,13,17H,1-2,10-11,21H2,(H,23,25). The maximum Gasteiger partial charge on any atom is 0.261 e. The zero-order chi connectivity index (χ0) is 19.0. The molecule has 2 heterocycles. The highest BCUT2D eigenvalue weighted by atomic mass is 16.2. The van der Waals surface area contributed by atoms with Gasteiger partial charge in [0.2, 0.25) is 0 Å². The number of aromatic nitrogens is 1. The van der Waals surface area contributed by atoms with Gasteiger partial charge in [-0.2, -0.15) is 0 Å². The van der Waals surface area contributed by atoms with Crippen molar-refractivity contribution in [3.05, 3.63) is 65.0 Å². The van der Waals surface area contributed by atoms with Crippen LogP contribution in [0.4, 0.5) is 0 Å². The fourth-order valence-electron chi connectivity index (χ4n) is 3.37. The minimum absolute atomic E-state index is 0.0497. The SMILES string of the molecule is NCC(NC(=O)c1ccc2c(c1)C(=O)N(Cc1ccncc1)C2=O)C1CC1. The zero-order valence-electron chi connectivity index (χ0n) is 14.7. The van der Waals surface area contributed by atoms with E-state index in [4.69, 9.17) is 5.73 Å². The van der Waals surface area contributed by atoms with E-state index in [0.29, 0.717) is 23.6 Å². The van der Waals surface area contributed by atoms with Crippen molar-refractivity contribution in [2.24, 2.45) is 11.7 Å². The molecule has 0 saturated heterocycles. The van der Waals surface area contributed by atoms with Gasteiger partial charge in [-0.3, -0.25) is 24.3 Å². The van der Waals surface area contributed by atoms with Crippen molar-refractivity contribution >= 4 is 17.7 Å². The molecule has 1 aliphatic carbocycles. The Morgan fingerprint density at radius 1 is 1.15 bits per heavy atom. The van der Waals surface area contributed by atoms with E-state index in [-0.39, 0.29) is 35.9 Å². The molecule has 1 atom stereocenters. The molecule has 27 heavy (non-hydrogen) atoms. The van der Waals surface area contributed by atoms with E-state index in [1.165, 1.54) is 11.0 Å². The predicted molar refractivity (Wildman–Crippen MR) is 97.9 cm³/mol. The molecule has 1 aromatic heterocycles. The van der Waals surface area contributed by atoms with Gasteiger partial charge in [0.1, 0.15) is 0 Å². The molecule has 3 N–H and O–H groups in total. The highest BCUT2D eigenvalue weighted by molar-refractivity contribution is 6.22. The maximum atomic E-state index is 12.7. The van der Waals surface area contributed by atoms with Crippen LogP contribution in [0, 0.1) is 5.92 Å². The summed E-state index contributed by atoms with van der Waals surface area (Å²) >= 11 is 0. The first-order chi connectivity index (χ1) is 13.1. The Labute approximate surface area is 156 Å². The number of hydrogen-bond donors (Lipinski definition) is 2. The zero-order valence-corrected chi connectivity index (χ0v) is 14.7. The molecule has 4 rings (SSSR count). The van der Waals surface area contributed by atoms with Crippen molar-refractivity contribution in [3.8, 4) is 0 Å². The maximum absolute atomic E-state index is 12.7. The van der Waals surface area contributed by atoms with Crippen molar-refractivity contribution in [1.29, 1.82) is 0 Å². The Hall–Kier alpha value is -3.06. The van der Waals surface area contributed by atoms with Crippen LogP contribution in [-0.2, 0) is 6.54 Å². The van der Waals surface area contributed by atoms with Crippen LogP contribution in [0.3, 0.4) is 0 Å². The monoisotopic (exact) mass is 364 g/mol. The topological polar surface area (TPSA) is 105 Å². The lowest BCUT2D eigenvalue weighted by molar-refractivity contribution is 0.0642. The van der Waals surface area contributed by atoms with E-state index >= 15 is 0 Å². The number of nitrogens with zero attached hydrogens (tertiary/aromatic N) is 2. The normalized spacial score (nSPS) is 17.0. The third-order valence-corrected chi connectivity index (χ3v) is 5.08. The summed E-state index contributed by atoms with van der Waals surface area (Å²) in [4.78, 5) is 43.0. The quantitative estimate of drug-likeness (QED) is 0.753. The highest BCUT2D eigenvalue weighted by Crippen LogP contribution is 2.32. The first-order valence-electron chi connectivity index (χ1n) is 8.98. The van der Waals surface area contributed by atoms with E-state index < -0.39 is 0 Å². The molecule has 0 bridgehead atoms. The van der Waals surface area contributed by atoms with Crippen LogP contribution < -0.4 is 11.1 Å². The lowest BCUT2D eigenvalue weighted by Gasteiger charge is -2.16. The van der Waals surface area contributed by atoms with Gasteiger partial charge < -0.3 is 11.1 Å². The predicted octanol–water partition coefficient (Wildman–Crippen LogP) is 1.34. The Kier molecular flexibility index (Phi) is 4.45. The molecule has 0 spiro atoms. The van der Waals surface area contributed by atoms with E-state index in [1.807, 2.05) is 0 Å². The van der Waals surface area contributed by atoms with Gasteiger partial charge in [-0.05, 0) is 54.7 Å². The number of pyridine rings is 1. The van der Waals surface area contributed by atoms with Crippen molar-refractivity contribution in [3.63, 3.8) is 0 Å². The van der Waals surface area contributed by atoms with Gasteiger partial charge in [0.15, 0.2) is 0 Å². The van der Waals surface area contributed by atoms with Gasteiger partial charge in [0.25, 0.3) is 17.7 Å². The average molecular weight is 364 g/mol. The number of hydrogen-bond acceptors (Lipinski definition) is 5. The third kappa shape index (κ3) is 3.33. The summed E-state index contributed by atoms with van der Waals surface area (Å²) in [5.74, 6) is -0.573. The molecule has 1 unspecified atom stereocenters. The van der Waals surface area contributed by atoms with Gasteiger partial charge >= 0.3 is 0 Å². The van der Waals surface area contributed by atoms with Crippen molar-refractivity contribution in [2.75, 3.05) is 6.54 Å². The number of carbonyl (C=O) groups is 3. The van der Waals surface area contributed by atoms with E-state index in [9.17, 15) is 14.4 Å². The minimum Gasteiger partial charge on any atom is -0.348 e. The molecule has 7 heteroatoms. The van der Waals surface area contributed by atoms with Gasteiger partial charge in [0.05, 0.1) is 17.7 Å². The van der Waals surface area contributed by atoms with Crippen LogP contribution >= 0.6 is 0 Å². The average Bonchev–Trinajstić information content (AvgIpc) is 3.51. The molecule has 1 aliphatic heterocycles. The van der Waals surface area contributed by atoms with Gasteiger partial charge in [-0.1, -0.05) is 0 Å². The molecular weight excluding hydrogens is 344 g/mol. The third-order valence-electron chi connectivity index (χ3n) is 5.08. The number of nitrogens with one attached hydrogen (secondary N) is 1. The lowest BCUT2D eigenvalue weighted by Crippen LogP contribution is -2.41. The number of imide groups is 1. The van der Waals surface area contributed by atoms with Crippen molar-refractivity contribution in [2.45, 2.75) is 25.4 Å². The number of nitrogens with two attached hydrogens (primary N) is 1. The molecule has 7 nitrogen and oxygen atoms in total. The number of benzene rings is 1.